The first-order chi connectivity index (χ1) is 13.4. The lowest BCUT2D eigenvalue weighted by molar-refractivity contribution is -0.121. The molecular weight excluding hydrogens is 364 g/mol. The quantitative estimate of drug-likeness (QED) is 0.434. The Balaban J connectivity index is 0.000000614. The molecule has 29 heavy (non-hydrogen) atoms. The Hall–Kier alpha value is -1.97. The van der Waals surface area contributed by atoms with Crippen molar-refractivity contribution in [3.63, 3.8) is 0 Å². The Morgan fingerprint density at radius 1 is 1.00 bits per heavy atom. The van der Waals surface area contributed by atoms with Crippen LogP contribution >= 0.6 is 0 Å². The third kappa shape index (κ3) is 11.6. The summed E-state index contributed by atoms with van der Waals surface area (Å²) in [6, 6.07) is 6.41. The molecule has 0 bridgehead atoms. The van der Waals surface area contributed by atoms with Gasteiger partial charge in [-0.2, -0.15) is 0 Å². The summed E-state index contributed by atoms with van der Waals surface area (Å²) in [6.07, 6.45) is 5.36. The van der Waals surface area contributed by atoms with Crippen molar-refractivity contribution in [2.24, 2.45) is 17.3 Å². The van der Waals surface area contributed by atoms with Gasteiger partial charge in [0.05, 0.1) is 5.56 Å². The minimum absolute atomic E-state index is 0.0729. The molecule has 1 aromatic rings. The summed E-state index contributed by atoms with van der Waals surface area (Å²) < 4.78 is 0. The fraction of sp³-hybridized carbons (Fsp3) is 0.640. The van der Waals surface area contributed by atoms with Crippen molar-refractivity contribution in [1.82, 2.24) is 0 Å². The number of rotatable bonds is 10. The highest BCUT2D eigenvalue weighted by molar-refractivity contribution is 6.05. The van der Waals surface area contributed by atoms with Crippen molar-refractivity contribution in [1.29, 1.82) is 0 Å². The summed E-state index contributed by atoms with van der Waals surface area (Å²) >= 11 is 0. The Kier molecular flexibility index (Phi) is 12.4. The predicted molar refractivity (Wildman–Crippen MR) is 120 cm³/mol. The highest BCUT2D eigenvalue weighted by Crippen LogP contribution is 2.26. The van der Waals surface area contributed by atoms with E-state index in [9.17, 15) is 14.4 Å². The molecule has 0 fully saturated rings. The van der Waals surface area contributed by atoms with Crippen molar-refractivity contribution in [3.8, 4) is 0 Å². The molecule has 4 nitrogen and oxygen atoms in total. The molecule has 0 aromatic heterocycles. The number of aromatic carboxylic acids is 1. The molecule has 0 amide bonds. The van der Waals surface area contributed by atoms with Gasteiger partial charge < -0.3 is 5.11 Å². The number of carboxylic acids is 1. The number of hydrogen-bond donors (Lipinski definition) is 1. The second kappa shape index (κ2) is 13.3. The second-order valence-electron chi connectivity index (χ2n) is 9.16. The molecule has 0 saturated heterocycles. The van der Waals surface area contributed by atoms with Crippen molar-refractivity contribution in [2.45, 2.75) is 87.0 Å². The summed E-state index contributed by atoms with van der Waals surface area (Å²) in [7, 11) is 0. The van der Waals surface area contributed by atoms with E-state index in [0.29, 0.717) is 23.7 Å². The van der Waals surface area contributed by atoms with Crippen LogP contribution in [0.15, 0.2) is 24.3 Å². The normalized spacial score (nSPS) is 13.1. The van der Waals surface area contributed by atoms with E-state index in [1.807, 2.05) is 0 Å². The maximum Gasteiger partial charge on any atom is 0.336 e. The minimum Gasteiger partial charge on any atom is -0.478 e. The van der Waals surface area contributed by atoms with E-state index in [2.05, 4.69) is 41.5 Å². The number of carbonyl (C=O) groups is 3. The van der Waals surface area contributed by atoms with Gasteiger partial charge in [0.15, 0.2) is 5.78 Å². The van der Waals surface area contributed by atoms with Gasteiger partial charge in [-0.25, -0.2) is 4.79 Å². The highest BCUT2D eigenvalue weighted by Gasteiger charge is 2.20. The first-order valence-corrected chi connectivity index (χ1v) is 10.8. The van der Waals surface area contributed by atoms with E-state index in [1.54, 1.807) is 25.1 Å². The maximum atomic E-state index is 12.0. The number of ketones is 2. The van der Waals surface area contributed by atoms with Crippen LogP contribution in [0.4, 0.5) is 0 Å². The number of benzene rings is 1. The summed E-state index contributed by atoms with van der Waals surface area (Å²) in [5, 5.41) is 9.01. The van der Waals surface area contributed by atoms with Crippen molar-refractivity contribution >= 4 is 17.5 Å². The Bertz CT molecular complexity index is 655. The molecule has 164 valence electrons. The molecular formula is C25H40O4. The van der Waals surface area contributed by atoms with Crippen LogP contribution in [0.3, 0.4) is 0 Å². The molecule has 0 spiro atoms. The van der Waals surface area contributed by atoms with Crippen LogP contribution in [0.25, 0.3) is 0 Å². The van der Waals surface area contributed by atoms with Crippen LogP contribution in [0, 0.1) is 17.3 Å². The molecule has 0 aliphatic carbocycles. The Morgan fingerprint density at radius 3 is 1.93 bits per heavy atom. The molecule has 0 aliphatic rings. The summed E-state index contributed by atoms with van der Waals surface area (Å²) in [5.41, 5.74) is 0.715. The van der Waals surface area contributed by atoms with E-state index in [1.165, 1.54) is 6.07 Å². The summed E-state index contributed by atoms with van der Waals surface area (Å²) in [4.78, 5) is 34.0. The van der Waals surface area contributed by atoms with Gasteiger partial charge in [-0.05, 0) is 43.6 Å². The zero-order valence-corrected chi connectivity index (χ0v) is 19.4. The molecule has 0 saturated carbocycles. The molecule has 1 rings (SSSR count). The molecule has 1 N–H and O–H groups in total. The first kappa shape index (κ1) is 27.0. The topological polar surface area (TPSA) is 71.4 Å². The minimum atomic E-state index is -1.04. The lowest BCUT2D eigenvalue weighted by atomic mass is 9.82. The van der Waals surface area contributed by atoms with Crippen molar-refractivity contribution in [3.05, 3.63) is 35.4 Å². The molecule has 1 aromatic carbocycles. The number of Topliss-reactive ketones (excluding diaryl/α,β-unsaturated/α-hetero) is 2. The van der Waals surface area contributed by atoms with E-state index < -0.39 is 5.97 Å². The van der Waals surface area contributed by atoms with Crippen LogP contribution < -0.4 is 0 Å². The molecule has 0 aliphatic heterocycles. The monoisotopic (exact) mass is 404 g/mol. The molecule has 4 heteroatoms. The fourth-order valence-corrected chi connectivity index (χ4v) is 3.18. The van der Waals surface area contributed by atoms with Gasteiger partial charge in [0, 0.05) is 17.9 Å². The third-order valence-corrected chi connectivity index (χ3v) is 5.18. The summed E-state index contributed by atoms with van der Waals surface area (Å²) in [6.45, 7) is 14.6. The smallest absolute Gasteiger partial charge is 0.336 e. The molecule has 0 heterocycles. The third-order valence-electron chi connectivity index (χ3n) is 5.18. The van der Waals surface area contributed by atoms with Gasteiger partial charge in [0.2, 0.25) is 0 Å². The molecule has 2 unspecified atom stereocenters. The SMILES string of the molecule is CCC(C)CCCC(=O)c1ccccc1C(=O)O.CCC(CC(C)(C)C)C(C)=O. The zero-order chi connectivity index (χ0) is 22.6. The molecule has 2 atom stereocenters. The van der Waals surface area contributed by atoms with Gasteiger partial charge in [-0.1, -0.05) is 72.6 Å². The lowest BCUT2D eigenvalue weighted by Gasteiger charge is -2.23. The van der Waals surface area contributed by atoms with Crippen molar-refractivity contribution in [2.75, 3.05) is 0 Å². The Labute approximate surface area is 177 Å². The molecule has 0 radical (unpaired) electrons. The standard InChI is InChI=1S/C15H20O3.C10H20O/c1-3-11(2)7-6-10-14(16)12-8-4-5-9-13(12)15(17)18;1-6-9(8(2)11)7-10(3,4)5/h4-5,8-9,11H,3,6-7,10H2,1-2H3,(H,17,18);9H,6-7H2,1-5H3. The zero-order valence-electron chi connectivity index (χ0n) is 19.4. The first-order valence-electron chi connectivity index (χ1n) is 10.8. The maximum absolute atomic E-state index is 12.0. The van der Waals surface area contributed by atoms with Crippen LogP contribution in [0.5, 0.6) is 0 Å². The van der Waals surface area contributed by atoms with Crippen LogP contribution in [-0.4, -0.2) is 22.6 Å². The van der Waals surface area contributed by atoms with Crippen LogP contribution in [0.1, 0.15) is 108 Å². The largest absolute Gasteiger partial charge is 0.478 e. The van der Waals surface area contributed by atoms with Gasteiger partial charge >= 0.3 is 5.97 Å². The van der Waals surface area contributed by atoms with E-state index >= 15 is 0 Å². The van der Waals surface area contributed by atoms with E-state index in [0.717, 1.165) is 32.1 Å². The average molecular weight is 405 g/mol. The van der Waals surface area contributed by atoms with Gasteiger partial charge in [-0.3, -0.25) is 9.59 Å². The van der Waals surface area contributed by atoms with Crippen molar-refractivity contribution < 1.29 is 19.5 Å². The van der Waals surface area contributed by atoms with Crippen LogP contribution in [-0.2, 0) is 4.79 Å². The Morgan fingerprint density at radius 2 is 1.55 bits per heavy atom. The van der Waals surface area contributed by atoms with Gasteiger partial charge in [0.1, 0.15) is 5.78 Å². The second-order valence-corrected chi connectivity index (χ2v) is 9.16. The van der Waals surface area contributed by atoms with E-state index in [4.69, 9.17) is 5.11 Å². The highest BCUT2D eigenvalue weighted by atomic mass is 16.4. The number of hydrogen-bond acceptors (Lipinski definition) is 3. The fourth-order valence-electron chi connectivity index (χ4n) is 3.18. The predicted octanol–water partition coefficient (Wildman–Crippen LogP) is 6.82. The van der Waals surface area contributed by atoms with Crippen LogP contribution in [0.2, 0.25) is 0 Å². The average Bonchev–Trinajstić information content (AvgIpc) is 2.65. The summed E-state index contributed by atoms with van der Waals surface area (Å²) in [5.74, 6) is 0.113. The number of carboxylic acid groups (broad SMARTS) is 1. The van der Waals surface area contributed by atoms with Gasteiger partial charge in [-0.15, -0.1) is 0 Å². The van der Waals surface area contributed by atoms with E-state index in [-0.39, 0.29) is 22.7 Å². The van der Waals surface area contributed by atoms with Gasteiger partial charge in [0.25, 0.3) is 0 Å². The number of carbonyl (C=O) groups excluding carboxylic acids is 2. The lowest BCUT2D eigenvalue weighted by Crippen LogP contribution is -2.18.